The van der Waals surface area contributed by atoms with E-state index in [2.05, 4.69) is 5.32 Å². The molecule has 0 saturated carbocycles. The Morgan fingerprint density at radius 2 is 1.84 bits per heavy atom. The average Bonchev–Trinajstić information content (AvgIpc) is 2.53. The third kappa shape index (κ3) is 2.30. The summed E-state index contributed by atoms with van der Waals surface area (Å²) in [5.74, 6) is -2.79. The van der Waals surface area contributed by atoms with Crippen molar-refractivity contribution in [3.05, 3.63) is 29.3 Å². The number of carbonyl (C=O) groups excluding carboxylic acids is 3. The standard InChI is InChI=1S/C12H10N2O5/c1-14-11(18)7-3-2-6(4-8(7)12(14)19)13-9(15)5-10(16)17/h2-4H,5H2,1H3,(H,13,15)(H,16,17). The lowest BCUT2D eigenvalue weighted by Crippen LogP contribution is -2.24. The van der Waals surface area contributed by atoms with Crippen LogP contribution in [0.4, 0.5) is 5.69 Å². The second kappa shape index (κ2) is 4.52. The topological polar surface area (TPSA) is 104 Å². The molecule has 1 heterocycles. The molecule has 3 amide bonds. The highest BCUT2D eigenvalue weighted by atomic mass is 16.4. The molecule has 0 atom stereocenters. The van der Waals surface area contributed by atoms with E-state index in [0.717, 1.165) is 4.90 Å². The van der Waals surface area contributed by atoms with Crippen molar-refractivity contribution in [2.45, 2.75) is 6.42 Å². The van der Waals surface area contributed by atoms with Gasteiger partial charge in [-0.3, -0.25) is 24.1 Å². The van der Waals surface area contributed by atoms with E-state index in [4.69, 9.17) is 5.11 Å². The highest BCUT2D eigenvalue weighted by Gasteiger charge is 2.32. The third-order valence-electron chi connectivity index (χ3n) is 2.69. The van der Waals surface area contributed by atoms with Crippen LogP contribution in [0.2, 0.25) is 0 Å². The molecule has 0 unspecified atom stereocenters. The second-order valence-electron chi connectivity index (χ2n) is 4.05. The summed E-state index contributed by atoms with van der Waals surface area (Å²) in [6.45, 7) is 0. The van der Waals surface area contributed by atoms with Crippen LogP contribution in [0.3, 0.4) is 0 Å². The van der Waals surface area contributed by atoms with Gasteiger partial charge in [-0.1, -0.05) is 0 Å². The number of carboxylic acid groups (broad SMARTS) is 1. The fourth-order valence-corrected chi connectivity index (χ4v) is 1.78. The number of amides is 3. The Bertz CT molecular complexity index is 608. The van der Waals surface area contributed by atoms with Crippen LogP contribution in [0.25, 0.3) is 0 Å². The molecule has 0 spiro atoms. The highest BCUT2D eigenvalue weighted by Crippen LogP contribution is 2.24. The predicted octanol–water partition coefficient (Wildman–Crippen LogP) is 0.326. The van der Waals surface area contributed by atoms with Crippen LogP contribution in [0, 0.1) is 0 Å². The van der Waals surface area contributed by atoms with Crippen molar-refractivity contribution >= 4 is 29.4 Å². The lowest BCUT2D eigenvalue weighted by atomic mass is 10.1. The molecule has 0 saturated heterocycles. The molecule has 1 aromatic carbocycles. The van der Waals surface area contributed by atoms with E-state index < -0.39 is 30.1 Å². The van der Waals surface area contributed by atoms with Crippen molar-refractivity contribution in [3.8, 4) is 0 Å². The molecule has 1 aromatic rings. The fourth-order valence-electron chi connectivity index (χ4n) is 1.78. The van der Waals surface area contributed by atoms with E-state index in [9.17, 15) is 19.2 Å². The molecule has 0 aromatic heterocycles. The minimum Gasteiger partial charge on any atom is -0.481 e. The molecule has 7 nitrogen and oxygen atoms in total. The van der Waals surface area contributed by atoms with E-state index in [0.29, 0.717) is 0 Å². The van der Waals surface area contributed by atoms with Crippen molar-refractivity contribution in [2.24, 2.45) is 0 Å². The first-order valence-corrected chi connectivity index (χ1v) is 5.38. The second-order valence-corrected chi connectivity index (χ2v) is 4.05. The van der Waals surface area contributed by atoms with Gasteiger partial charge in [0, 0.05) is 12.7 Å². The first-order chi connectivity index (χ1) is 8.90. The molecule has 0 radical (unpaired) electrons. The monoisotopic (exact) mass is 262 g/mol. The minimum atomic E-state index is -1.25. The number of rotatable bonds is 3. The number of imide groups is 1. The van der Waals surface area contributed by atoms with Crippen LogP contribution < -0.4 is 5.32 Å². The Balaban J connectivity index is 2.24. The number of hydrogen-bond donors (Lipinski definition) is 2. The predicted molar refractivity (Wildman–Crippen MR) is 63.7 cm³/mol. The number of hydrogen-bond acceptors (Lipinski definition) is 4. The summed E-state index contributed by atoms with van der Waals surface area (Å²) < 4.78 is 0. The van der Waals surface area contributed by atoms with Crippen molar-refractivity contribution in [3.63, 3.8) is 0 Å². The van der Waals surface area contributed by atoms with Crippen LogP contribution in [-0.4, -0.2) is 40.7 Å². The summed E-state index contributed by atoms with van der Waals surface area (Å²) in [6, 6.07) is 4.23. The summed E-state index contributed by atoms with van der Waals surface area (Å²) in [4.78, 5) is 46.0. The minimum absolute atomic E-state index is 0.195. The van der Waals surface area contributed by atoms with Gasteiger partial charge in [-0.05, 0) is 18.2 Å². The number of fused-ring (bicyclic) bond motifs is 1. The first-order valence-electron chi connectivity index (χ1n) is 5.38. The average molecular weight is 262 g/mol. The number of nitrogens with one attached hydrogen (secondary N) is 1. The van der Waals surface area contributed by atoms with Gasteiger partial charge >= 0.3 is 5.97 Å². The molecule has 7 heteroatoms. The number of anilines is 1. The van der Waals surface area contributed by atoms with Crippen LogP contribution in [0.15, 0.2) is 18.2 Å². The number of nitrogens with zero attached hydrogens (tertiary/aromatic N) is 1. The third-order valence-corrected chi connectivity index (χ3v) is 2.69. The van der Waals surface area contributed by atoms with Crippen molar-refractivity contribution < 1.29 is 24.3 Å². The molecule has 0 fully saturated rings. The fraction of sp³-hybridized carbons (Fsp3) is 0.167. The van der Waals surface area contributed by atoms with Crippen molar-refractivity contribution in [1.82, 2.24) is 4.90 Å². The van der Waals surface area contributed by atoms with E-state index in [1.165, 1.54) is 25.2 Å². The zero-order chi connectivity index (χ0) is 14.2. The SMILES string of the molecule is CN1C(=O)c2ccc(NC(=O)CC(=O)O)cc2C1=O. The Labute approximate surface area is 107 Å². The Kier molecular flexibility index (Phi) is 3.04. The molecular formula is C12H10N2O5. The van der Waals surface area contributed by atoms with Gasteiger partial charge in [0.1, 0.15) is 6.42 Å². The number of carboxylic acids is 1. The van der Waals surface area contributed by atoms with Gasteiger partial charge in [0.25, 0.3) is 11.8 Å². The number of benzene rings is 1. The lowest BCUT2D eigenvalue weighted by molar-refractivity contribution is -0.139. The van der Waals surface area contributed by atoms with E-state index in [1.54, 1.807) is 0 Å². The largest absolute Gasteiger partial charge is 0.481 e. The zero-order valence-electron chi connectivity index (χ0n) is 9.97. The van der Waals surface area contributed by atoms with Crippen LogP contribution in [0.5, 0.6) is 0 Å². The van der Waals surface area contributed by atoms with Gasteiger partial charge in [0.05, 0.1) is 11.1 Å². The molecule has 0 aliphatic carbocycles. The Morgan fingerprint density at radius 1 is 1.21 bits per heavy atom. The van der Waals surface area contributed by atoms with E-state index >= 15 is 0 Å². The van der Waals surface area contributed by atoms with E-state index in [-0.39, 0.29) is 16.8 Å². The van der Waals surface area contributed by atoms with Gasteiger partial charge in [-0.15, -0.1) is 0 Å². The molecule has 98 valence electrons. The van der Waals surface area contributed by atoms with Gasteiger partial charge < -0.3 is 10.4 Å². The number of aliphatic carboxylic acids is 1. The van der Waals surface area contributed by atoms with Crippen molar-refractivity contribution in [2.75, 3.05) is 12.4 Å². The van der Waals surface area contributed by atoms with Crippen LogP contribution >= 0.6 is 0 Å². The zero-order valence-corrected chi connectivity index (χ0v) is 9.97. The molecule has 0 bridgehead atoms. The molecule has 1 aliphatic rings. The van der Waals surface area contributed by atoms with Gasteiger partial charge in [0.2, 0.25) is 5.91 Å². The smallest absolute Gasteiger partial charge is 0.312 e. The van der Waals surface area contributed by atoms with Gasteiger partial charge in [-0.25, -0.2) is 0 Å². The number of carbonyl (C=O) groups is 4. The van der Waals surface area contributed by atoms with Crippen LogP contribution in [0.1, 0.15) is 27.1 Å². The van der Waals surface area contributed by atoms with Crippen LogP contribution in [-0.2, 0) is 9.59 Å². The molecule has 19 heavy (non-hydrogen) atoms. The van der Waals surface area contributed by atoms with E-state index in [1.807, 2.05) is 0 Å². The first kappa shape index (κ1) is 12.7. The maximum absolute atomic E-state index is 11.7. The van der Waals surface area contributed by atoms with Crippen molar-refractivity contribution in [1.29, 1.82) is 0 Å². The molecule has 1 aliphatic heterocycles. The summed E-state index contributed by atoms with van der Waals surface area (Å²) in [5.41, 5.74) is 0.741. The highest BCUT2D eigenvalue weighted by molar-refractivity contribution is 6.21. The lowest BCUT2D eigenvalue weighted by Gasteiger charge is -2.04. The van der Waals surface area contributed by atoms with Gasteiger partial charge in [0.15, 0.2) is 0 Å². The Hall–Kier alpha value is -2.70. The maximum atomic E-state index is 11.7. The quantitative estimate of drug-likeness (QED) is 0.603. The molecule has 2 rings (SSSR count). The molecule has 2 N–H and O–H groups in total. The Morgan fingerprint density at radius 3 is 2.47 bits per heavy atom. The summed E-state index contributed by atoms with van der Waals surface area (Å²) >= 11 is 0. The maximum Gasteiger partial charge on any atom is 0.312 e. The summed E-state index contributed by atoms with van der Waals surface area (Å²) in [5, 5.41) is 10.8. The van der Waals surface area contributed by atoms with Gasteiger partial charge in [-0.2, -0.15) is 0 Å². The summed E-state index contributed by atoms with van der Waals surface area (Å²) in [6.07, 6.45) is -0.663. The summed E-state index contributed by atoms with van der Waals surface area (Å²) in [7, 11) is 1.37. The molecular weight excluding hydrogens is 252 g/mol. The normalized spacial score (nSPS) is 13.4.